The number of anilines is 1. The lowest BCUT2D eigenvalue weighted by atomic mass is 10.0. The normalized spacial score (nSPS) is 14.6. The maximum atomic E-state index is 12.8. The number of aldehydes is 1. The molecule has 0 aliphatic carbocycles. The number of nitrogens with zero attached hydrogens (tertiary/aromatic N) is 4. The summed E-state index contributed by atoms with van der Waals surface area (Å²) in [7, 11) is 1.88. The van der Waals surface area contributed by atoms with Gasteiger partial charge in [-0.3, -0.25) is 14.6 Å². The molecule has 0 spiro atoms. The van der Waals surface area contributed by atoms with Gasteiger partial charge >= 0.3 is 0 Å². The zero-order chi connectivity index (χ0) is 22.1. The van der Waals surface area contributed by atoms with E-state index in [0.717, 1.165) is 60.3 Å². The number of furan rings is 1. The van der Waals surface area contributed by atoms with Gasteiger partial charge in [-0.1, -0.05) is 12.1 Å². The van der Waals surface area contributed by atoms with Crippen LogP contribution in [0.3, 0.4) is 0 Å². The molecule has 1 fully saturated rings. The molecule has 1 aromatic carbocycles. The molecule has 8 nitrogen and oxygen atoms in total. The van der Waals surface area contributed by atoms with Crippen molar-refractivity contribution in [3.8, 4) is 11.3 Å². The highest BCUT2D eigenvalue weighted by atomic mass is 16.3. The van der Waals surface area contributed by atoms with Gasteiger partial charge in [-0.2, -0.15) is 0 Å². The van der Waals surface area contributed by atoms with E-state index in [1.807, 2.05) is 48.0 Å². The maximum absolute atomic E-state index is 12.8. The van der Waals surface area contributed by atoms with Gasteiger partial charge in [0, 0.05) is 48.9 Å². The van der Waals surface area contributed by atoms with Gasteiger partial charge in [0.1, 0.15) is 17.1 Å². The lowest BCUT2D eigenvalue weighted by Gasteiger charge is -2.34. The number of piperidine rings is 1. The van der Waals surface area contributed by atoms with E-state index < -0.39 is 0 Å². The Bertz CT molecular complexity index is 1270. The van der Waals surface area contributed by atoms with Crippen molar-refractivity contribution in [2.45, 2.75) is 18.9 Å². The van der Waals surface area contributed by atoms with Crippen molar-refractivity contribution in [1.82, 2.24) is 19.9 Å². The zero-order valence-electron chi connectivity index (χ0n) is 17.7. The molecule has 0 saturated carbocycles. The number of nitrogens with one attached hydrogen (secondary N) is 1. The van der Waals surface area contributed by atoms with Crippen LogP contribution in [0.25, 0.3) is 22.2 Å². The minimum Gasteiger partial charge on any atom is -0.464 e. The maximum Gasteiger partial charge on any atom is 0.251 e. The van der Waals surface area contributed by atoms with E-state index in [-0.39, 0.29) is 11.9 Å². The van der Waals surface area contributed by atoms with E-state index in [0.29, 0.717) is 11.3 Å². The number of hydrogen-bond acceptors (Lipinski definition) is 6. The Morgan fingerprint density at radius 3 is 2.66 bits per heavy atom. The number of aromatic nitrogens is 3. The molecule has 162 valence electrons. The van der Waals surface area contributed by atoms with Gasteiger partial charge in [0.05, 0.1) is 18.3 Å². The Kier molecular flexibility index (Phi) is 5.18. The number of fused-ring (bicyclic) bond motifs is 1. The Hall–Kier alpha value is -3.94. The van der Waals surface area contributed by atoms with Crippen molar-refractivity contribution in [3.05, 3.63) is 66.4 Å². The first-order valence-corrected chi connectivity index (χ1v) is 10.6. The first kappa shape index (κ1) is 20.0. The molecule has 1 N–H and O–H groups in total. The van der Waals surface area contributed by atoms with Crippen LogP contribution in [0.5, 0.6) is 0 Å². The van der Waals surface area contributed by atoms with Crippen molar-refractivity contribution >= 4 is 29.0 Å². The molecule has 1 aliphatic heterocycles. The van der Waals surface area contributed by atoms with Crippen molar-refractivity contribution in [1.29, 1.82) is 0 Å². The zero-order valence-corrected chi connectivity index (χ0v) is 17.7. The Morgan fingerprint density at radius 1 is 1.12 bits per heavy atom. The van der Waals surface area contributed by atoms with Crippen LogP contribution in [-0.2, 0) is 7.05 Å². The molecule has 32 heavy (non-hydrogen) atoms. The average molecular weight is 429 g/mol. The molecule has 0 bridgehead atoms. The molecule has 1 aliphatic rings. The lowest BCUT2D eigenvalue weighted by Crippen LogP contribution is -2.45. The molecule has 4 aromatic rings. The number of carbonyl (C=O) groups is 2. The molecule has 1 amide bonds. The number of carbonyl (C=O) groups excluding carboxylic acids is 2. The largest absolute Gasteiger partial charge is 0.464 e. The summed E-state index contributed by atoms with van der Waals surface area (Å²) in [5.41, 5.74) is 3.63. The Labute approximate surface area is 184 Å². The highest BCUT2D eigenvalue weighted by molar-refractivity contribution is 5.96. The minimum atomic E-state index is -0.0846. The lowest BCUT2D eigenvalue weighted by molar-refractivity contribution is 0.0931. The second-order valence-corrected chi connectivity index (χ2v) is 7.99. The fourth-order valence-corrected chi connectivity index (χ4v) is 4.32. The molecule has 3 aromatic heterocycles. The van der Waals surface area contributed by atoms with Crippen LogP contribution in [0.2, 0.25) is 0 Å². The molecule has 4 heterocycles. The van der Waals surface area contributed by atoms with Gasteiger partial charge in [0.25, 0.3) is 5.91 Å². The summed E-state index contributed by atoms with van der Waals surface area (Å²) in [6.07, 6.45) is 7.42. The average Bonchev–Trinajstić information content (AvgIpc) is 3.46. The summed E-state index contributed by atoms with van der Waals surface area (Å²) >= 11 is 0. The highest BCUT2D eigenvalue weighted by Crippen LogP contribution is 2.27. The molecule has 0 unspecified atom stereocenters. The second-order valence-electron chi connectivity index (χ2n) is 7.99. The minimum absolute atomic E-state index is 0.0846. The molecule has 1 saturated heterocycles. The second kappa shape index (κ2) is 8.30. The van der Waals surface area contributed by atoms with Gasteiger partial charge in [-0.25, -0.2) is 4.98 Å². The van der Waals surface area contributed by atoms with Crippen LogP contribution >= 0.6 is 0 Å². The summed E-state index contributed by atoms with van der Waals surface area (Å²) in [5.74, 6) is 0.750. The third kappa shape index (κ3) is 3.64. The number of benzene rings is 1. The summed E-state index contributed by atoms with van der Waals surface area (Å²) in [6, 6.07) is 11.3. The molecular weight excluding hydrogens is 406 g/mol. The van der Waals surface area contributed by atoms with E-state index in [9.17, 15) is 9.59 Å². The topological polar surface area (TPSA) is 93.3 Å². The first-order chi connectivity index (χ1) is 15.6. The molecular formula is C24H23N5O3. The van der Waals surface area contributed by atoms with Crippen LogP contribution in [-0.4, -0.2) is 45.9 Å². The number of rotatable bonds is 5. The number of pyridine rings is 1. The smallest absolute Gasteiger partial charge is 0.251 e. The van der Waals surface area contributed by atoms with E-state index in [1.165, 1.54) is 0 Å². The predicted octanol–water partition coefficient (Wildman–Crippen LogP) is 3.44. The highest BCUT2D eigenvalue weighted by Gasteiger charge is 2.24. The summed E-state index contributed by atoms with van der Waals surface area (Å²) in [4.78, 5) is 34.8. The van der Waals surface area contributed by atoms with Gasteiger partial charge in [-0.05, 0) is 37.1 Å². The van der Waals surface area contributed by atoms with Crippen molar-refractivity contribution in [2.24, 2.45) is 7.05 Å². The van der Waals surface area contributed by atoms with E-state index in [4.69, 9.17) is 4.42 Å². The summed E-state index contributed by atoms with van der Waals surface area (Å²) in [6.45, 7) is 1.51. The van der Waals surface area contributed by atoms with Crippen LogP contribution in [0.15, 0.2) is 59.6 Å². The van der Waals surface area contributed by atoms with Gasteiger partial charge < -0.3 is 19.2 Å². The predicted molar refractivity (Wildman–Crippen MR) is 121 cm³/mol. The number of hydrogen-bond donors (Lipinski definition) is 1. The third-order valence-corrected chi connectivity index (χ3v) is 5.97. The standard InChI is InChI=1S/C24H23N5O3/c1-28-15-26-20(14-30)24(28)29-11-7-18(8-12-29)27-23(31)17-4-2-16(3-5-17)22-19-9-13-32-21(19)6-10-25-22/h2-6,9-10,13-15,18H,7-8,11-12H2,1H3,(H,27,31). The number of imidazole rings is 1. The Morgan fingerprint density at radius 2 is 1.91 bits per heavy atom. The fraction of sp³-hybridized carbons (Fsp3) is 0.250. The quantitative estimate of drug-likeness (QED) is 0.489. The van der Waals surface area contributed by atoms with Gasteiger partial charge in [-0.15, -0.1) is 0 Å². The molecule has 8 heteroatoms. The molecule has 5 rings (SSSR count). The van der Waals surface area contributed by atoms with Gasteiger partial charge in [0.15, 0.2) is 6.29 Å². The van der Waals surface area contributed by atoms with Crippen molar-refractivity contribution < 1.29 is 14.0 Å². The number of amides is 1. The van der Waals surface area contributed by atoms with E-state index in [1.54, 1.807) is 18.8 Å². The van der Waals surface area contributed by atoms with Crippen LogP contribution < -0.4 is 10.2 Å². The van der Waals surface area contributed by atoms with Crippen LogP contribution in [0.4, 0.5) is 5.82 Å². The van der Waals surface area contributed by atoms with Crippen LogP contribution in [0.1, 0.15) is 33.7 Å². The third-order valence-electron chi connectivity index (χ3n) is 5.97. The molecule has 0 atom stereocenters. The fourth-order valence-electron chi connectivity index (χ4n) is 4.32. The summed E-state index contributed by atoms with van der Waals surface area (Å²) in [5, 5.41) is 4.09. The monoisotopic (exact) mass is 429 g/mol. The first-order valence-electron chi connectivity index (χ1n) is 10.6. The van der Waals surface area contributed by atoms with Crippen LogP contribution in [0, 0.1) is 0 Å². The SMILES string of the molecule is Cn1cnc(C=O)c1N1CCC(NC(=O)c2ccc(-c3nccc4occc34)cc2)CC1. The number of aryl methyl sites for hydroxylation is 1. The molecule has 0 radical (unpaired) electrons. The van der Waals surface area contributed by atoms with Gasteiger partial charge in [0.2, 0.25) is 0 Å². The summed E-state index contributed by atoms with van der Waals surface area (Å²) < 4.78 is 7.31. The van der Waals surface area contributed by atoms with Crippen molar-refractivity contribution in [3.63, 3.8) is 0 Å². The van der Waals surface area contributed by atoms with E-state index in [2.05, 4.69) is 20.2 Å². The van der Waals surface area contributed by atoms with E-state index >= 15 is 0 Å². The Balaban J connectivity index is 1.23. The van der Waals surface area contributed by atoms with Crippen molar-refractivity contribution in [2.75, 3.05) is 18.0 Å².